The van der Waals surface area contributed by atoms with E-state index in [-0.39, 0.29) is 21.6 Å². The molecule has 2 heterocycles. The highest BCUT2D eigenvalue weighted by atomic mass is 79.9. The van der Waals surface area contributed by atoms with Crippen LogP contribution in [-0.4, -0.2) is 65.3 Å². The fraction of sp³-hybridized carbons (Fsp3) is 0.905. The summed E-state index contributed by atoms with van der Waals surface area (Å²) in [6, 6.07) is 0. The van der Waals surface area contributed by atoms with Gasteiger partial charge in [0.25, 0.3) is 0 Å². The number of carbonyl (C=O) groups excluding carboxylic acids is 2. The maximum atomic E-state index is 13.7. The average molecular weight is 439 g/mol. The largest absolute Gasteiger partial charge is 0.378 e. The fourth-order valence-corrected chi connectivity index (χ4v) is 8.59. The second-order valence-electron chi connectivity index (χ2n) is 9.92. The Labute approximate surface area is 170 Å². The normalized spacial score (nSPS) is 43.8. The van der Waals surface area contributed by atoms with Crippen LogP contribution in [-0.2, 0) is 14.3 Å². The van der Waals surface area contributed by atoms with Crippen molar-refractivity contribution in [2.75, 3.05) is 39.4 Å². The maximum Gasteiger partial charge on any atom is 0.228 e. The van der Waals surface area contributed by atoms with Gasteiger partial charge in [0.2, 0.25) is 11.8 Å². The Morgan fingerprint density at radius 3 is 2.33 bits per heavy atom. The highest BCUT2D eigenvalue weighted by Crippen LogP contribution is 2.64. The molecule has 6 aliphatic rings. The highest BCUT2D eigenvalue weighted by Gasteiger charge is 2.60. The van der Waals surface area contributed by atoms with E-state index in [2.05, 4.69) is 20.8 Å². The van der Waals surface area contributed by atoms with Crippen LogP contribution in [0.1, 0.15) is 51.4 Å². The maximum absolute atomic E-state index is 13.7. The lowest BCUT2D eigenvalue weighted by Gasteiger charge is -2.60. The minimum absolute atomic E-state index is 0.0207. The van der Waals surface area contributed by atoms with Crippen molar-refractivity contribution in [2.24, 2.45) is 23.2 Å². The molecule has 6 rings (SSSR count). The Balaban J connectivity index is 1.30. The lowest BCUT2D eigenvalue weighted by atomic mass is 9.49. The molecule has 2 amide bonds. The smallest absolute Gasteiger partial charge is 0.228 e. The van der Waals surface area contributed by atoms with Gasteiger partial charge >= 0.3 is 0 Å². The third-order valence-electron chi connectivity index (χ3n) is 7.82. The van der Waals surface area contributed by atoms with E-state index in [1.807, 2.05) is 4.90 Å². The zero-order chi connectivity index (χ0) is 18.6. The monoisotopic (exact) mass is 438 g/mol. The fourth-order valence-electron chi connectivity index (χ4n) is 7.14. The Bertz CT molecular complexity index is 619. The summed E-state index contributed by atoms with van der Waals surface area (Å²) in [5.74, 6) is 2.00. The number of hydrogen-bond acceptors (Lipinski definition) is 3. The molecular formula is C21H31BrN2O3. The van der Waals surface area contributed by atoms with Crippen LogP contribution in [0.25, 0.3) is 0 Å². The zero-order valence-corrected chi connectivity index (χ0v) is 17.7. The van der Waals surface area contributed by atoms with Crippen molar-refractivity contribution < 1.29 is 14.3 Å². The van der Waals surface area contributed by atoms with Gasteiger partial charge in [-0.05, 0) is 63.2 Å². The third-order valence-corrected chi connectivity index (χ3v) is 8.75. The quantitative estimate of drug-likeness (QED) is 0.622. The summed E-state index contributed by atoms with van der Waals surface area (Å²) in [6.07, 6.45) is 8.84. The molecule has 6 heteroatoms. The van der Waals surface area contributed by atoms with E-state index in [1.54, 1.807) is 0 Å². The Hall–Kier alpha value is -0.620. The Morgan fingerprint density at radius 2 is 1.67 bits per heavy atom. The molecule has 4 bridgehead atoms. The zero-order valence-electron chi connectivity index (χ0n) is 16.1. The van der Waals surface area contributed by atoms with Crippen molar-refractivity contribution in [3.8, 4) is 0 Å². The summed E-state index contributed by atoms with van der Waals surface area (Å²) in [7, 11) is 0. The molecule has 27 heavy (non-hydrogen) atoms. The lowest BCUT2D eigenvalue weighted by Crippen LogP contribution is -2.60. The molecule has 5 nitrogen and oxygen atoms in total. The van der Waals surface area contributed by atoms with E-state index < -0.39 is 0 Å². The second kappa shape index (κ2) is 6.72. The number of rotatable bonds is 2. The number of alkyl halides is 1. The molecule has 6 fully saturated rings. The second-order valence-corrected chi connectivity index (χ2v) is 11.6. The van der Waals surface area contributed by atoms with Crippen LogP contribution >= 0.6 is 15.9 Å². The van der Waals surface area contributed by atoms with Crippen LogP contribution in [0.15, 0.2) is 0 Å². The number of hydrogen-bond donors (Lipinski definition) is 0. The van der Waals surface area contributed by atoms with Gasteiger partial charge in [0.1, 0.15) is 0 Å². The van der Waals surface area contributed by atoms with Crippen molar-refractivity contribution in [2.45, 2.75) is 55.7 Å². The number of piperidine rings is 1. The molecule has 0 aromatic heterocycles. The molecule has 150 valence electrons. The summed E-state index contributed by atoms with van der Waals surface area (Å²) >= 11 is 4.03. The van der Waals surface area contributed by atoms with Crippen molar-refractivity contribution >= 4 is 27.7 Å². The molecule has 0 spiro atoms. The number of amides is 2. The molecule has 0 radical (unpaired) electrons. The summed E-state index contributed by atoms with van der Waals surface area (Å²) < 4.78 is 5.58. The SMILES string of the molecule is O=C(C1CCCN(C(=O)C23CC4CC(CC(Br)(C4)C2)C3)C1)N1CCOCC1. The van der Waals surface area contributed by atoms with Gasteiger partial charge in [-0.2, -0.15) is 0 Å². The van der Waals surface area contributed by atoms with Crippen LogP contribution in [0, 0.1) is 23.2 Å². The van der Waals surface area contributed by atoms with Crippen LogP contribution in [0.2, 0.25) is 0 Å². The minimum atomic E-state index is -0.155. The van der Waals surface area contributed by atoms with Gasteiger partial charge in [-0.15, -0.1) is 0 Å². The van der Waals surface area contributed by atoms with E-state index in [9.17, 15) is 9.59 Å². The Morgan fingerprint density at radius 1 is 0.963 bits per heavy atom. The standard InChI is InChI=1S/C21H31BrN2O3/c22-21-11-15-8-16(12-21)10-20(9-15,14-21)19(26)24-3-1-2-17(13-24)18(25)23-4-6-27-7-5-23/h15-17H,1-14H2. The van der Waals surface area contributed by atoms with Gasteiger partial charge in [-0.25, -0.2) is 0 Å². The first kappa shape index (κ1) is 18.4. The van der Waals surface area contributed by atoms with Crippen molar-refractivity contribution in [3.05, 3.63) is 0 Å². The van der Waals surface area contributed by atoms with Gasteiger partial charge in [0, 0.05) is 30.5 Å². The van der Waals surface area contributed by atoms with Crippen LogP contribution in [0.3, 0.4) is 0 Å². The summed E-state index contributed by atoms with van der Waals surface area (Å²) in [5.41, 5.74) is -0.155. The topological polar surface area (TPSA) is 49.9 Å². The Kier molecular flexibility index (Phi) is 4.58. The first-order valence-electron chi connectivity index (χ1n) is 10.8. The molecule has 2 saturated heterocycles. The van der Waals surface area contributed by atoms with Gasteiger partial charge in [-0.1, -0.05) is 15.9 Å². The van der Waals surface area contributed by atoms with E-state index in [0.29, 0.717) is 50.6 Å². The average Bonchev–Trinajstić information content (AvgIpc) is 2.65. The van der Waals surface area contributed by atoms with Gasteiger partial charge < -0.3 is 14.5 Å². The van der Waals surface area contributed by atoms with E-state index >= 15 is 0 Å². The van der Waals surface area contributed by atoms with Gasteiger partial charge in [0.05, 0.1) is 24.5 Å². The molecule has 0 aromatic carbocycles. The van der Waals surface area contributed by atoms with E-state index in [1.165, 1.54) is 19.3 Å². The molecule has 3 unspecified atom stereocenters. The number of carbonyl (C=O) groups is 2. The highest BCUT2D eigenvalue weighted by molar-refractivity contribution is 9.10. The number of nitrogens with zero attached hydrogens (tertiary/aromatic N) is 2. The molecule has 0 aromatic rings. The summed E-state index contributed by atoms with van der Waals surface area (Å²) in [5, 5.41) is 0. The lowest BCUT2D eigenvalue weighted by molar-refractivity contribution is -0.159. The van der Waals surface area contributed by atoms with Crippen molar-refractivity contribution in [1.29, 1.82) is 0 Å². The predicted molar refractivity (Wildman–Crippen MR) is 105 cm³/mol. The number of morpholine rings is 1. The molecule has 2 aliphatic heterocycles. The van der Waals surface area contributed by atoms with Crippen LogP contribution in [0.5, 0.6) is 0 Å². The molecular weight excluding hydrogens is 408 g/mol. The van der Waals surface area contributed by atoms with Crippen molar-refractivity contribution in [3.63, 3.8) is 0 Å². The van der Waals surface area contributed by atoms with E-state index in [4.69, 9.17) is 4.74 Å². The molecule has 4 aliphatic carbocycles. The van der Waals surface area contributed by atoms with E-state index in [0.717, 1.165) is 38.6 Å². The minimum Gasteiger partial charge on any atom is -0.378 e. The van der Waals surface area contributed by atoms with Crippen LogP contribution in [0.4, 0.5) is 0 Å². The number of halogens is 1. The summed E-state index contributed by atoms with van der Waals surface area (Å²) in [6.45, 7) is 4.13. The molecule has 4 saturated carbocycles. The number of likely N-dealkylation sites (tertiary alicyclic amines) is 1. The first-order valence-corrected chi connectivity index (χ1v) is 11.6. The summed E-state index contributed by atoms with van der Waals surface area (Å²) in [4.78, 5) is 30.7. The molecule has 0 N–H and O–H groups in total. The first-order chi connectivity index (χ1) is 13.0. The van der Waals surface area contributed by atoms with Crippen molar-refractivity contribution in [1.82, 2.24) is 9.80 Å². The predicted octanol–water partition coefficient (Wildman–Crippen LogP) is 2.82. The third kappa shape index (κ3) is 3.25. The molecule has 3 atom stereocenters. The van der Waals surface area contributed by atoms with Gasteiger partial charge in [-0.3, -0.25) is 9.59 Å². The van der Waals surface area contributed by atoms with Crippen LogP contribution < -0.4 is 0 Å². The number of ether oxygens (including phenoxy) is 1. The van der Waals surface area contributed by atoms with Gasteiger partial charge in [0.15, 0.2) is 0 Å².